The Kier molecular flexibility index (Phi) is 6.03. The molecule has 1 rings (SSSR count). The van der Waals surface area contributed by atoms with E-state index in [0.29, 0.717) is 11.9 Å². The first-order chi connectivity index (χ1) is 8.60. The van der Waals surface area contributed by atoms with E-state index in [4.69, 9.17) is 9.47 Å². The number of anilines is 1. The molecule has 0 unspecified atom stereocenters. The van der Waals surface area contributed by atoms with Crippen LogP contribution < -0.4 is 14.4 Å². The number of hydrogen-bond donors (Lipinski definition) is 0. The first kappa shape index (κ1) is 14.9. The first-order valence-electron chi connectivity index (χ1n) is 5.16. The number of rotatable bonds is 7. The number of alkyl halides is 3. The summed E-state index contributed by atoms with van der Waals surface area (Å²) in [5.41, 5.74) is 0. The molecule has 18 heavy (non-hydrogen) atoms. The van der Waals surface area contributed by atoms with Crippen LogP contribution in [0.1, 0.15) is 0 Å². The van der Waals surface area contributed by atoms with Gasteiger partial charge in [0.05, 0.1) is 26.8 Å². The molecule has 102 valence electrons. The second-order valence-corrected chi connectivity index (χ2v) is 4.07. The Labute approximate surface area is 112 Å². The van der Waals surface area contributed by atoms with Crippen molar-refractivity contribution in [1.29, 1.82) is 0 Å². The summed E-state index contributed by atoms with van der Waals surface area (Å²) < 4.78 is 34.9. The molecule has 8 heteroatoms. The number of aromatic nitrogens is 2. The van der Waals surface area contributed by atoms with Crippen molar-refractivity contribution in [3.63, 3.8) is 0 Å². The summed E-state index contributed by atoms with van der Waals surface area (Å²) in [6.45, 7) is -0.0808. The zero-order valence-corrected chi connectivity index (χ0v) is 11.7. The quantitative estimate of drug-likeness (QED) is 0.717. The second kappa shape index (κ2) is 7.30. The van der Waals surface area contributed by atoms with Crippen LogP contribution in [0.2, 0.25) is 0 Å². The molecule has 0 bridgehead atoms. The summed E-state index contributed by atoms with van der Waals surface area (Å²) in [6, 6.07) is 1.48. The Hall–Kier alpha value is -1.18. The maximum absolute atomic E-state index is 12.5. The van der Waals surface area contributed by atoms with Gasteiger partial charge in [-0.15, -0.1) is 0 Å². The lowest BCUT2D eigenvalue weighted by molar-refractivity contribution is 0.154. The summed E-state index contributed by atoms with van der Waals surface area (Å²) in [5, 5.41) is 0.530. The van der Waals surface area contributed by atoms with Crippen LogP contribution in [0.3, 0.4) is 0 Å². The lowest BCUT2D eigenvalue weighted by Crippen LogP contribution is -2.32. The van der Waals surface area contributed by atoms with E-state index < -0.39 is 13.0 Å². The van der Waals surface area contributed by atoms with E-state index >= 15 is 0 Å². The molecule has 0 saturated carbocycles. The predicted molar refractivity (Wildman–Crippen MR) is 67.1 cm³/mol. The van der Waals surface area contributed by atoms with Gasteiger partial charge in [-0.3, -0.25) is 0 Å². The highest BCUT2D eigenvalue weighted by Crippen LogP contribution is 2.20. The van der Waals surface area contributed by atoms with E-state index in [9.17, 15) is 8.78 Å². The number of halogens is 3. The van der Waals surface area contributed by atoms with Gasteiger partial charge in [0.25, 0.3) is 6.43 Å². The first-order valence-corrected chi connectivity index (χ1v) is 6.29. The average molecular weight is 326 g/mol. The molecule has 0 spiro atoms. The average Bonchev–Trinajstić information content (AvgIpc) is 2.37. The fourth-order valence-electron chi connectivity index (χ4n) is 1.28. The Morgan fingerprint density at radius 1 is 1.28 bits per heavy atom. The molecule has 0 N–H and O–H groups in total. The Morgan fingerprint density at radius 3 is 2.22 bits per heavy atom. The molecule has 0 atom stereocenters. The van der Waals surface area contributed by atoms with Gasteiger partial charge in [-0.25, -0.2) is 8.78 Å². The molecular formula is C10H14BrF2N3O2. The highest BCUT2D eigenvalue weighted by Gasteiger charge is 2.17. The van der Waals surface area contributed by atoms with Crippen LogP contribution in [0, 0.1) is 0 Å². The molecule has 0 aliphatic rings. The number of methoxy groups -OCH3 is 2. The van der Waals surface area contributed by atoms with Gasteiger partial charge in [0.2, 0.25) is 17.7 Å². The Balaban J connectivity index is 3.01. The number of ether oxygens (including phenoxy) is 2. The zero-order chi connectivity index (χ0) is 13.5. The molecule has 0 aliphatic heterocycles. The van der Waals surface area contributed by atoms with E-state index in [1.54, 1.807) is 0 Å². The van der Waals surface area contributed by atoms with E-state index in [1.165, 1.54) is 25.2 Å². The number of nitrogens with zero attached hydrogens (tertiary/aromatic N) is 3. The minimum absolute atomic E-state index is 0.158. The van der Waals surface area contributed by atoms with Gasteiger partial charge in [-0.2, -0.15) is 9.97 Å². The monoisotopic (exact) mass is 325 g/mol. The van der Waals surface area contributed by atoms with Crippen molar-refractivity contribution in [1.82, 2.24) is 9.97 Å². The third-order valence-electron chi connectivity index (χ3n) is 2.08. The topological polar surface area (TPSA) is 47.5 Å². The normalized spacial score (nSPS) is 10.6. The van der Waals surface area contributed by atoms with Crippen LogP contribution in [0.15, 0.2) is 6.07 Å². The lowest BCUT2D eigenvalue weighted by atomic mass is 10.5. The Morgan fingerprint density at radius 2 is 1.83 bits per heavy atom. The summed E-state index contributed by atoms with van der Waals surface area (Å²) in [6.07, 6.45) is -2.47. The summed E-state index contributed by atoms with van der Waals surface area (Å²) in [7, 11) is 2.88. The molecular weight excluding hydrogens is 312 g/mol. The molecule has 5 nitrogen and oxygen atoms in total. The Bertz CT molecular complexity index is 360. The van der Waals surface area contributed by atoms with Crippen LogP contribution in [0.5, 0.6) is 11.8 Å². The van der Waals surface area contributed by atoms with Gasteiger partial charge in [0.15, 0.2) is 0 Å². The summed E-state index contributed by atoms with van der Waals surface area (Å²) >= 11 is 3.20. The fourth-order valence-corrected chi connectivity index (χ4v) is 1.71. The van der Waals surface area contributed by atoms with Gasteiger partial charge < -0.3 is 14.4 Å². The smallest absolute Gasteiger partial charge is 0.255 e. The van der Waals surface area contributed by atoms with Crippen LogP contribution in [0.4, 0.5) is 14.7 Å². The SMILES string of the molecule is COc1cc(OC)nc(N(CCBr)CC(F)F)n1. The van der Waals surface area contributed by atoms with Gasteiger partial charge in [0.1, 0.15) is 0 Å². The van der Waals surface area contributed by atoms with E-state index in [0.717, 1.165) is 0 Å². The molecule has 1 aromatic rings. The van der Waals surface area contributed by atoms with Crippen molar-refractivity contribution in [3.8, 4) is 11.8 Å². The minimum atomic E-state index is -2.47. The third-order valence-corrected chi connectivity index (χ3v) is 2.44. The van der Waals surface area contributed by atoms with Crippen LogP contribution in [-0.4, -0.2) is 49.0 Å². The third kappa shape index (κ3) is 4.25. The van der Waals surface area contributed by atoms with Gasteiger partial charge in [-0.05, 0) is 0 Å². The molecule has 0 aromatic carbocycles. The van der Waals surface area contributed by atoms with Crippen LogP contribution >= 0.6 is 15.9 Å². The predicted octanol–water partition coefficient (Wildman–Crippen LogP) is 1.96. The molecule has 0 aliphatic carbocycles. The number of hydrogen-bond acceptors (Lipinski definition) is 5. The molecule has 0 radical (unpaired) electrons. The molecule has 1 aromatic heterocycles. The van der Waals surface area contributed by atoms with E-state index in [-0.39, 0.29) is 17.7 Å². The van der Waals surface area contributed by atoms with Crippen LogP contribution in [-0.2, 0) is 0 Å². The van der Waals surface area contributed by atoms with Crippen LogP contribution in [0.25, 0.3) is 0 Å². The van der Waals surface area contributed by atoms with Crippen molar-refractivity contribution in [3.05, 3.63) is 6.07 Å². The minimum Gasteiger partial charge on any atom is -0.481 e. The van der Waals surface area contributed by atoms with Crippen molar-refractivity contribution >= 4 is 21.9 Å². The maximum atomic E-state index is 12.5. The second-order valence-electron chi connectivity index (χ2n) is 3.28. The molecule has 0 fully saturated rings. The highest BCUT2D eigenvalue weighted by molar-refractivity contribution is 9.09. The van der Waals surface area contributed by atoms with Gasteiger partial charge >= 0.3 is 0 Å². The summed E-state index contributed by atoms with van der Waals surface area (Å²) in [4.78, 5) is 9.43. The molecule has 0 amide bonds. The largest absolute Gasteiger partial charge is 0.481 e. The summed E-state index contributed by atoms with van der Waals surface area (Å²) in [5.74, 6) is 0.697. The van der Waals surface area contributed by atoms with Crippen molar-refractivity contribution < 1.29 is 18.3 Å². The maximum Gasteiger partial charge on any atom is 0.255 e. The van der Waals surface area contributed by atoms with E-state index in [1.807, 2.05) is 0 Å². The highest BCUT2D eigenvalue weighted by atomic mass is 79.9. The fraction of sp³-hybridized carbons (Fsp3) is 0.600. The van der Waals surface area contributed by atoms with Gasteiger partial charge in [0, 0.05) is 11.9 Å². The standard InChI is InChI=1S/C10H14BrF2N3O2/c1-17-8-5-9(18-2)15-10(14-8)16(4-3-11)6-7(12)13/h5,7H,3-4,6H2,1-2H3. The van der Waals surface area contributed by atoms with Gasteiger partial charge in [-0.1, -0.05) is 15.9 Å². The van der Waals surface area contributed by atoms with E-state index in [2.05, 4.69) is 25.9 Å². The molecule has 0 saturated heterocycles. The van der Waals surface area contributed by atoms with Crippen molar-refractivity contribution in [2.75, 3.05) is 37.5 Å². The van der Waals surface area contributed by atoms with Crippen molar-refractivity contribution in [2.45, 2.75) is 6.43 Å². The molecule has 1 heterocycles. The van der Waals surface area contributed by atoms with Crippen molar-refractivity contribution in [2.24, 2.45) is 0 Å². The zero-order valence-electron chi connectivity index (χ0n) is 10.1. The lowest BCUT2D eigenvalue weighted by Gasteiger charge is -2.21.